The fourth-order valence-electron chi connectivity index (χ4n) is 2.37. The average molecular weight is 317 g/mol. The predicted molar refractivity (Wildman–Crippen MR) is 87.9 cm³/mol. The maximum absolute atomic E-state index is 11.9. The van der Waals surface area contributed by atoms with Gasteiger partial charge in [-0.15, -0.1) is 11.8 Å². The maximum Gasteiger partial charge on any atom is 0.234 e. The van der Waals surface area contributed by atoms with Gasteiger partial charge >= 0.3 is 0 Å². The number of amides is 1. The second-order valence-corrected chi connectivity index (χ2v) is 6.24. The van der Waals surface area contributed by atoms with Crippen molar-refractivity contribution < 1.29 is 9.53 Å². The minimum Gasteiger partial charge on any atom is -0.379 e. The summed E-state index contributed by atoms with van der Waals surface area (Å²) >= 11 is 1.61. The van der Waals surface area contributed by atoms with Crippen LogP contribution in [-0.4, -0.2) is 34.7 Å². The SMILES string of the molecule is O=C(CSCc1ccccc1)Nc1cnn([C@H]2CCOC2)c1. The molecule has 0 unspecified atom stereocenters. The quantitative estimate of drug-likeness (QED) is 0.890. The van der Waals surface area contributed by atoms with E-state index >= 15 is 0 Å². The number of carbonyl (C=O) groups excluding carboxylic acids is 1. The van der Waals surface area contributed by atoms with E-state index in [9.17, 15) is 4.79 Å². The van der Waals surface area contributed by atoms with Crippen LogP contribution in [0.1, 0.15) is 18.0 Å². The molecule has 1 fully saturated rings. The van der Waals surface area contributed by atoms with E-state index in [4.69, 9.17) is 4.74 Å². The number of benzene rings is 1. The second-order valence-electron chi connectivity index (χ2n) is 5.25. The molecular weight excluding hydrogens is 298 g/mol. The second kappa shape index (κ2) is 7.47. The first-order chi connectivity index (χ1) is 10.8. The summed E-state index contributed by atoms with van der Waals surface area (Å²) < 4.78 is 7.22. The van der Waals surface area contributed by atoms with E-state index in [-0.39, 0.29) is 11.9 Å². The zero-order valence-electron chi connectivity index (χ0n) is 12.3. The predicted octanol–water partition coefficient (Wildman–Crippen LogP) is 2.72. The van der Waals surface area contributed by atoms with Crippen molar-refractivity contribution in [2.45, 2.75) is 18.2 Å². The Bertz CT molecular complexity index is 609. The lowest BCUT2D eigenvalue weighted by molar-refractivity contribution is -0.113. The molecule has 0 radical (unpaired) electrons. The first-order valence-electron chi connectivity index (χ1n) is 7.35. The third-order valence-electron chi connectivity index (χ3n) is 3.51. The molecule has 116 valence electrons. The van der Waals surface area contributed by atoms with Crippen molar-refractivity contribution in [3.05, 3.63) is 48.3 Å². The van der Waals surface area contributed by atoms with Crippen molar-refractivity contribution in [1.82, 2.24) is 9.78 Å². The van der Waals surface area contributed by atoms with Crippen LogP contribution >= 0.6 is 11.8 Å². The number of rotatable bonds is 6. The smallest absolute Gasteiger partial charge is 0.234 e. The van der Waals surface area contributed by atoms with Gasteiger partial charge in [-0.25, -0.2) is 0 Å². The molecule has 5 nitrogen and oxygen atoms in total. The summed E-state index contributed by atoms with van der Waals surface area (Å²) in [6, 6.07) is 10.4. The van der Waals surface area contributed by atoms with E-state index in [2.05, 4.69) is 22.5 Å². The summed E-state index contributed by atoms with van der Waals surface area (Å²) in [7, 11) is 0. The van der Waals surface area contributed by atoms with Crippen molar-refractivity contribution >= 4 is 23.4 Å². The molecule has 2 aromatic rings. The van der Waals surface area contributed by atoms with Crippen molar-refractivity contribution in [2.24, 2.45) is 0 Å². The highest BCUT2D eigenvalue weighted by Gasteiger charge is 2.18. The summed E-state index contributed by atoms with van der Waals surface area (Å²) in [6.07, 6.45) is 4.54. The number of ether oxygens (including phenoxy) is 1. The molecule has 0 bridgehead atoms. The number of thioether (sulfide) groups is 1. The Balaban J connectivity index is 1.43. The molecule has 1 atom stereocenters. The monoisotopic (exact) mass is 317 g/mol. The summed E-state index contributed by atoms with van der Waals surface area (Å²) in [6.45, 7) is 1.48. The molecule has 1 aliphatic heterocycles. The van der Waals surface area contributed by atoms with Gasteiger partial charge in [-0.05, 0) is 12.0 Å². The minimum atomic E-state index is 0.00292. The molecule has 2 heterocycles. The summed E-state index contributed by atoms with van der Waals surface area (Å²) in [5.74, 6) is 1.28. The van der Waals surface area contributed by atoms with Crippen LogP contribution in [-0.2, 0) is 15.3 Å². The van der Waals surface area contributed by atoms with E-state index in [1.54, 1.807) is 18.0 Å². The molecule has 0 saturated carbocycles. The lowest BCUT2D eigenvalue weighted by Crippen LogP contribution is -2.14. The van der Waals surface area contributed by atoms with Crippen LogP contribution in [0.3, 0.4) is 0 Å². The Morgan fingerprint density at radius 1 is 1.41 bits per heavy atom. The molecular formula is C16H19N3O2S. The van der Waals surface area contributed by atoms with Crippen molar-refractivity contribution in [3.8, 4) is 0 Å². The highest BCUT2D eigenvalue weighted by Crippen LogP contribution is 2.20. The van der Waals surface area contributed by atoms with E-state index in [0.29, 0.717) is 12.4 Å². The zero-order valence-corrected chi connectivity index (χ0v) is 13.1. The lowest BCUT2D eigenvalue weighted by Gasteiger charge is -2.07. The van der Waals surface area contributed by atoms with Crippen LogP contribution in [0.5, 0.6) is 0 Å². The Hall–Kier alpha value is -1.79. The first kappa shape index (κ1) is 15.1. The molecule has 0 spiro atoms. The van der Waals surface area contributed by atoms with Gasteiger partial charge in [0.2, 0.25) is 5.91 Å². The lowest BCUT2D eigenvalue weighted by atomic mass is 10.2. The number of anilines is 1. The third-order valence-corrected chi connectivity index (χ3v) is 4.51. The fourth-order valence-corrected chi connectivity index (χ4v) is 3.15. The molecule has 0 aliphatic carbocycles. The molecule has 1 amide bonds. The van der Waals surface area contributed by atoms with Crippen LogP contribution in [0, 0.1) is 0 Å². The van der Waals surface area contributed by atoms with Crippen LogP contribution in [0.4, 0.5) is 5.69 Å². The number of nitrogens with one attached hydrogen (secondary N) is 1. The number of nitrogens with zero attached hydrogens (tertiary/aromatic N) is 2. The van der Waals surface area contributed by atoms with E-state index in [1.807, 2.05) is 29.1 Å². The Morgan fingerprint density at radius 3 is 3.05 bits per heavy atom. The fraction of sp³-hybridized carbons (Fsp3) is 0.375. The highest BCUT2D eigenvalue weighted by molar-refractivity contribution is 7.99. The topological polar surface area (TPSA) is 56.2 Å². The largest absolute Gasteiger partial charge is 0.379 e. The standard InChI is InChI=1S/C16H19N3O2S/c20-16(12-22-11-13-4-2-1-3-5-13)18-14-8-17-19(9-14)15-6-7-21-10-15/h1-5,8-9,15H,6-7,10-12H2,(H,18,20)/t15-/m0/s1. The molecule has 1 aromatic carbocycles. The molecule has 1 aromatic heterocycles. The molecule has 1 aliphatic rings. The van der Waals surface area contributed by atoms with Gasteiger partial charge in [0.15, 0.2) is 0 Å². The Morgan fingerprint density at radius 2 is 2.27 bits per heavy atom. The maximum atomic E-state index is 11.9. The van der Waals surface area contributed by atoms with E-state index in [1.165, 1.54) is 5.56 Å². The van der Waals surface area contributed by atoms with Crippen molar-refractivity contribution in [1.29, 1.82) is 0 Å². The summed E-state index contributed by atoms with van der Waals surface area (Å²) in [5.41, 5.74) is 1.98. The molecule has 22 heavy (non-hydrogen) atoms. The average Bonchev–Trinajstić information content (AvgIpc) is 3.19. The molecule has 1 saturated heterocycles. The summed E-state index contributed by atoms with van der Waals surface area (Å²) in [4.78, 5) is 11.9. The molecule has 1 N–H and O–H groups in total. The number of aromatic nitrogens is 2. The summed E-state index contributed by atoms with van der Waals surface area (Å²) in [5, 5.41) is 7.18. The Kier molecular flexibility index (Phi) is 5.13. The van der Waals surface area contributed by atoms with Gasteiger partial charge in [0, 0.05) is 18.6 Å². The highest BCUT2D eigenvalue weighted by atomic mass is 32.2. The van der Waals surface area contributed by atoms with Crippen LogP contribution in [0.2, 0.25) is 0 Å². The molecule has 3 rings (SSSR count). The van der Waals surface area contributed by atoms with Crippen molar-refractivity contribution in [2.75, 3.05) is 24.3 Å². The van der Waals surface area contributed by atoms with Gasteiger partial charge in [0.25, 0.3) is 0 Å². The van der Waals surface area contributed by atoms with Gasteiger partial charge in [0.1, 0.15) is 0 Å². The van der Waals surface area contributed by atoms with Gasteiger partial charge in [-0.3, -0.25) is 9.48 Å². The van der Waals surface area contributed by atoms with Gasteiger partial charge < -0.3 is 10.1 Å². The van der Waals surface area contributed by atoms with Crippen molar-refractivity contribution in [3.63, 3.8) is 0 Å². The van der Waals surface area contributed by atoms with E-state index < -0.39 is 0 Å². The molecule has 6 heteroatoms. The first-order valence-corrected chi connectivity index (χ1v) is 8.50. The number of hydrogen-bond donors (Lipinski definition) is 1. The van der Waals surface area contributed by atoms with E-state index in [0.717, 1.165) is 24.5 Å². The number of carbonyl (C=O) groups is 1. The van der Waals surface area contributed by atoms with Crippen LogP contribution in [0.15, 0.2) is 42.7 Å². The van der Waals surface area contributed by atoms with Crippen LogP contribution in [0.25, 0.3) is 0 Å². The Labute approximate surface area is 134 Å². The van der Waals surface area contributed by atoms with Gasteiger partial charge in [0.05, 0.1) is 30.3 Å². The normalized spacial score (nSPS) is 17.5. The van der Waals surface area contributed by atoms with Gasteiger partial charge in [-0.2, -0.15) is 5.10 Å². The van der Waals surface area contributed by atoms with Gasteiger partial charge in [-0.1, -0.05) is 30.3 Å². The number of hydrogen-bond acceptors (Lipinski definition) is 4. The minimum absolute atomic E-state index is 0.00292. The third kappa shape index (κ3) is 4.11. The van der Waals surface area contributed by atoms with Crippen LogP contribution < -0.4 is 5.32 Å². The zero-order chi connectivity index (χ0) is 15.2.